The Morgan fingerprint density at radius 2 is 1.32 bits per heavy atom. The molecule has 0 aromatic heterocycles. The van der Waals surface area contributed by atoms with Crippen LogP contribution >= 0.6 is 11.6 Å². The van der Waals surface area contributed by atoms with Crippen LogP contribution in [-0.4, -0.2) is 5.78 Å². The van der Waals surface area contributed by atoms with Crippen LogP contribution in [0, 0.1) is 0 Å². The number of Topliss-reactive ketones (excluding diaryl/α,β-unsaturated/α-hetero) is 1. The number of carbonyl (C=O) groups is 1. The van der Waals surface area contributed by atoms with Gasteiger partial charge < -0.3 is 0 Å². The van der Waals surface area contributed by atoms with Crippen molar-refractivity contribution in [1.82, 2.24) is 0 Å². The zero-order chi connectivity index (χ0) is 19.0. The second-order valence-corrected chi connectivity index (χ2v) is 5.87. The zero-order valence-corrected chi connectivity index (χ0v) is 13.4. The third-order valence-corrected chi connectivity index (χ3v) is 3.88. The van der Waals surface area contributed by atoms with Gasteiger partial charge in [0.05, 0.1) is 11.1 Å². The first-order chi connectivity index (χ1) is 11.4. The zero-order valence-electron chi connectivity index (χ0n) is 12.7. The Morgan fingerprint density at radius 3 is 1.72 bits per heavy atom. The van der Waals surface area contributed by atoms with E-state index in [-0.39, 0.29) is 17.2 Å². The maximum atomic E-state index is 12.9. The Kier molecular flexibility index (Phi) is 5.18. The van der Waals surface area contributed by atoms with Crippen LogP contribution in [-0.2, 0) is 12.4 Å². The summed E-state index contributed by atoms with van der Waals surface area (Å²) in [4.78, 5) is 12.4. The van der Waals surface area contributed by atoms with Gasteiger partial charge in [-0.25, -0.2) is 0 Å². The number of carbonyl (C=O) groups excluding carboxylic acids is 1. The van der Waals surface area contributed by atoms with Gasteiger partial charge in [0.15, 0.2) is 5.78 Å². The monoisotopic (exact) mass is 380 g/mol. The molecule has 0 amide bonds. The van der Waals surface area contributed by atoms with Crippen LogP contribution in [0.1, 0.15) is 39.9 Å². The summed E-state index contributed by atoms with van der Waals surface area (Å²) in [7, 11) is 0. The van der Waals surface area contributed by atoms with Gasteiger partial charge in [0.1, 0.15) is 0 Å². The molecule has 0 bridgehead atoms. The molecule has 0 spiro atoms. The molecule has 1 unspecified atom stereocenters. The molecule has 0 aliphatic heterocycles. The van der Waals surface area contributed by atoms with Gasteiger partial charge in [-0.05, 0) is 48.0 Å². The highest BCUT2D eigenvalue weighted by molar-refractivity contribution is 6.30. The molecule has 0 saturated carbocycles. The van der Waals surface area contributed by atoms with Gasteiger partial charge in [0.25, 0.3) is 0 Å². The van der Waals surface area contributed by atoms with Crippen LogP contribution in [0.25, 0.3) is 0 Å². The molecule has 0 fully saturated rings. The second kappa shape index (κ2) is 6.71. The standard InChI is InChI=1S/C17H11ClF6O/c1-9(15(25)10-2-4-14(18)5-3-10)11-6-12(16(19,20)21)8-13(7-11)17(22,23)24/h2-9H,1H3. The summed E-state index contributed by atoms with van der Waals surface area (Å²) >= 11 is 5.69. The first-order valence-electron chi connectivity index (χ1n) is 6.99. The van der Waals surface area contributed by atoms with Crippen molar-refractivity contribution in [2.75, 3.05) is 0 Å². The molecular formula is C17H11ClF6O. The number of hydrogen-bond donors (Lipinski definition) is 0. The predicted octanol–water partition coefficient (Wildman–Crippen LogP) is 6.36. The Morgan fingerprint density at radius 1 is 0.880 bits per heavy atom. The summed E-state index contributed by atoms with van der Waals surface area (Å²) < 4.78 is 77.4. The molecule has 0 aliphatic carbocycles. The number of halogens is 7. The fraction of sp³-hybridized carbons (Fsp3) is 0.235. The van der Waals surface area contributed by atoms with Crippen molar-refractivity contribution in [3.05, 3.63) is 69.7 Å². The van der Waals surface area contributed by atoms with Crippen molar-refractivity contribution in [3.8, 4) is 0 Å². The van der Waals surface area contributed by atoms with Gasteiger partial charge in [-0.3, -0.25) is 4.79 Å². The summed E-state index contributed by atoms with van der Waals surface area (Å²) in [6.45, 7) is 1.26. The average Bonchev–Trinajstić information content (AvgIpc) is 2.52. The largest absolute Gasteiger partial charge is 0.416 e. The van der Waals surface area contributed by atoms with Gasteiger partial charge in [-0.1, -0.05) is 18.5 Å². The highest BCUT2D eigenvalue weighted by atomic mass is 35.5. The molecule has 2 aromatic carbocycles. The van der Waals surface area contributed by atoms with Crippen LogP contribution in [0.3, 0.4) is 0 Å². The third-order valence-electron chi connectivity index (χ3n) is 3.63. The van der Waals surface area contributed by atoms with Gasteiger partial charge in [0, 0.05) is 16.5 Å². The lowest BCUT2D eigenvalue weighted by Crippen LogP contribution is -2.15. The van der Waals surface area contributed by atoms with Crippen molar-refractivity contribution in [3.63, 3.8) is 0 Å². The van der Waals surface area contributed by atoms with Gasteiger partial charge in [-0.2, -0.15) is 26.3 Å². The van der Waals surface area contributed by atoms with Crippen molar-refractivity contribution < 1.29 is 31.1 Å². The second-order valence-electron chi connectivity index (χ2n) is 5.43. The van der Waals surface area contributed by atoms with E-state index < -0.39 is 35.2 Å². The molecule has 134 valence electrons. The normalized spacial score (nSPS) is 13.6. The third kappa shape index (κ3) is 4.54. The lowest BCUT2D eigenvalue weighted by Gasteiger charge is -2.17. The minimum Gasteiger partial charge on any atom is -0.294 e. The molecular weight excluding hydrogens is 370 g/mol. The van der Waals surface area contributed by atoms with Crippen molar-refractivity contribution >= 4 is 17.4 Å². The molecule has 0 aliphatic rings. The van der Waals surface area contributed by atoms with Crippen LogP contribution in [0.2, 0.25) is 5.02 Å². The van der Waals surface area contributed by atoms with E-state index in [1.165, 1.54) is 31.2 Å². The van der Waals surface area contributed by atoms with Gasteiger partial charge in [-0.15, -0.1) is 0 Å². The predicted molar refractivity (Wildman–Crippen MR) is 80.6 cm³/mol. The van der Waals surface area contributed by atoms with Crippen molar-refractivity contribution in [2.45, 2.75) is 25.2 Å². The number of ketones is 1. The minimum absolute atomic E-state index is 0.0307. The Balaban J connectivity index is 2.49. The first kappa shape index (κ1) is 19.3. The topological polar surface area (TPSA) is 17.1 Å². The van der Waals surface area contributed by atoms with Crippen molar-refractivity contribution in [2.24, 2.45) is 0 Å². The van der Waals surface area contributed by atoms with E-state index >= 15 is 0 Å². The van der Waals surface area contributed by atoms with E-state index in [0.29, 0.717) is 17.2 Å². The van der Waals surface area contributed by atoms with E-state index in [2.05, 4.69) is 0 Å². The summed E-state index contributed by atoms with van der Waals surface area (Å²) in [5, 5.41) is 0.350. The summed E-state index contributed by atoms with van der Waals surface area (Å²) in [5.74, 6) is -1.80. The Hall–Kier alpha value is -2.02. The average molecular weight is 381 g/mol. The number of benzene rings is 2. The first-order valence-corrected chi connectivity index (χ1v) is 7.36. The molecule has 0 N–H and O–H groups in total. The fourth-order valence-corrected chi connectivity index (χ4v) is 2.37. The van der Waals surface area contributed by atoms with E-state index in [4.69, 9.17) is 11.6 Å². The van der Waals surface area contributed by atoms with E-state index in [9.17, 15) is 31.1 Å². The molecule has 2 aromatic rings. The van der Waals surface area contributed by atoms with Crippen LogP contribution < -0.4 is 0 Å². The number of hydrogen-bond acceptors (Lipinski definition) is 1. The molecule has 0 radical (unpaired) electrons. The summed E-state index contributed by atoms with van der Waals surface area (Å²) in [6.07, 6.45) is -9.92. The summed E-state index contributed by atoms with van der Waals surface area (Å²) in [5.41, 5.74) is -3.12. The van der Waals surface area contributed by atoms with Gasteiger partial charge >= 0.3 is 12.4 Å². The molecule has 1 nitrogen and oxygen atoms in total. The quantitative estimate of drug-likeness (QED) is 0.447. The lowest BCUT2D eigenvalue weighted by molar-refractivity contribution is -0.143. The molecule has 25 heavy (non-hydrogen) atoms. The van der Waals surface area contributed by atoms with Crippen LogP contribution in [0.15, 0.2) is 42.5 Å². The molecule has 8 heteroatoms. The molecule has 0 heterocycles. The van der Waals surface area contributed by atoms with E-state index in [1.54, 1.807) is 0 Å². The van der Waals surface area contributed by atoms with Crippen LogP contribution in [0.4, 0.5) is 26.3 Å². The van der Waals surface area contributed by atoms with Crippen LogP contribution in [0.5, 0.6) is 0 Å². The smallest absolute Gasteiger partial charge is 0.294 e. The number of alkyl halides is 6. The molecule has 1 atom stereocenters. The number of rotatable bonds is 3. The molecule has 2 rings (SSSR count). The highest BCUT2D eigenvalue weighted by Gasteiger charge is 2.37. The Bertz CT molecular complexity index is 745. The minimum atomic E-state index is -4.96. The molecule has 0 saturated heterocycles. The fourth-order valence-electron chi connectivity index (χ4n) is 2.24. The maximum absolute atomic E-state index is 12.9. The SMILES string of the molecule is CC(C(=O)c1ccc(Cl)cc1)c1cc(C(F)(F)F)cc(C(F)(F)F)c1. The van der Waals surface area contributed by atoms with E-state index in [0.717, 1.165) is 0 Å². The maximum Gasteiger partial charge on any atom is 0.416 e. The highest BCUT2D eigenvalue weighted by Crippen LogP contribution is 2.38. The lowest BCUT2D eigenvalue weighted by atomic mass is 9.90. The Labute approximate surface area is 144 Å². The summed E-state index contributed by atoms with van der Waals surface area (Å²) in [6, 6.07) is 6.70. The van der Waals surface area contributed by atoms with E-state index in [1.807, 2.05) is 0 Å². The van der Waals surface area contributed by atoms with Crippen molar-refractivity contribution in [1.29, 1.82) is 0 Å². The van der Waals surface area contributed by atoms with Gasteiger partial charge in [0.2, 0.25) is 0 Å².